The summed E-state index contributed by atoms with van der Waals surface area (Å²) >= 11 is 1.46. The van der Waals surface area contributed by atoms with Crippen LogP contribution in [0.3, 0.4) is 0 Å². The van der Waals surface area contributed by atoms with E-state index >= 15 is 0 Å². The van der Waals surface area contributed by atoms with Crippen LogP contribution in [-0.2, 0) is 11.2 Å². The fourth-order valence-electron chi connectivity index (χ4n) is 3.96. The fraction of sp³-hybridized carbons (Fsp3) is 0.400. The van der Waals surface area contributed by atoms with Crippen LogP contribution in [0.2, 0.25) is 0 Å². The predicted molar refractivity (Wildman–Crippen MR) is 128 cm³/mol. The summed E-state index contributed by atoms with van der Waals surface area (Å²) in [6, 6.07) is 17.0. The Hall–Kier alpha value is -2.60. The van der Waals surface area contributed by atoms with Crippen LogP contribution in [-0.4, -0.2) is 43.4 Å². The van der Waals surface area contributed by atoms with Gasteiger partial charge in [0.05, 0.1) is 11.4 Å². The van der Waals surface area contributed by atoms with E-state index in [1.54, 1.807) is 0 Å². The second-order valence-corrected chi connectivity index (χ2v) is 9.41. The second-order valence-electron chi connectivity index (χ2n) is 8.46. The van der Waals surface area contributed by atoms with E-state index in [1.165, 1.54) is 22.9 Å². The van der Waals surface area contributed by atoms with E-state index in [2.05, 4.69) is 86.6 Å². The highest BCUT2D eigenvalue weighted by Gasteiger charge is 2.22. The highest BCUT2D eigenvalue weighted by molar-refractivity contribution is 7.99. The number of hydrogen-bond donors (Lipinski definition) is 0. The molecule has 0 N–H and O–H groups in total. The summed E-state index contributed by atoms with van der Waals surface area (Å²) in [5.41, 5.74) is 4.61. The van der Waals surface area contributed by atoms with E-state index in [4.69, 9.17) is 0 Å². The number of thioether (sulfide) groups is 1. The highest BCUT2D eigenvalue weighted by Crippen LogP contribution is 2.27. The highest BCUT2D eigenvalue weighted by atomic mass is 32.2. The van der Waals surface area contributed by atoms with Crippen molar-refractivity contribution in [3.05, 3.63) is 71.0 Å². The lowest BCUT2D eigenvalue weighted by atomic mass is 10.1. The number of benzene rings is 2. The number of carbonyl (C=O) groups excluding carboxylic acids is 1. The third-order valence-corrected chi connectivity index (χ3v) is 6.14. The molecule has 0 spiro atoms. The Kier molecular flexibility index (Phi) is 7.55. The maximum atomic E-state index is 12.9. The summed E-state index contributed by atoms with van der Waals surface area (Å²) in [6.07, 6.45) is 0.680. The first kappa shape index (κ1) is 23.1. The van der Waals surface area contributed by atoms with Gasteiger partial charge in [-0.05, 0) is 58.7 Å². The van der Waals surface area contributed by atoms with Gasteiger partial charge in [0.1, 0.15) is 5.82 Å². The molecule has 0 atom stereocenters. The summed E-state index contributed by atoms with van der Waals surface area (Å²) in [6.45, 7) is 12.4. The molecule has 0 radical (unpaired) electrons. The van der Waals surface area contributed by atoms with Crippen LogP contribution in [0.5, 0.6) is 0 Å². The molecule has 2 aromatic carbocycles. The molecule has 0 bridgehead atoms. The summed E-state index contributed by atoms with van der Waals surface area (Å²) in [5, 5.41) is 9.74. The standard InChI is InChI=1S/C25H32N4OS/c1-17(2)28(18(3)4)24(30)16-31-25-27-26-23(15-21-10-8-7-9-11-21)29(25)22-13-12-19(5)14-20(22)6/h7-14,17-18H,15-16H2,1-6H3. The minimum absolute atomic E-state index is 0.120. The van der Waals surface area contributed by atoms with Crippen molar-refractivity contribution in [2.24, 2.45) is 0 Å². The molecule has 3 aromatic rings. The van der Waals surface area contributed by atoms with Gasteiger partial charge in [0.25, 0.3) is 0 Å². The van der Waals surface area contributed by atoms with E-state index in [1.807, 2.05) is 23.1 Å². The first-order valence-corrected chi connectivity index (χ1v) is 11.8. The normalized spacial score (nSPS) is 11.4. The molecule has 0 saturated carbocycles. The zero-order chi connectivity index (χ0) is 22.5. The number of rotatable bonds is 8. The summed E-state index contributed by atoms with van der Waals surface area (Å²) < 4.78 is 2.11. The number of nitrogens with zero attached hydrogens (tertiary/aromatic N) is 4. The Morgan fingerprint density at radius 2 is 1.68 bits per heavy atom. The summed E-state index contributed by atoms with van der Waals surface area (Å²) in [5.74, 6) is 1.33. The van der Waals surface area contributed by atoms with Crippen molar-refractivity contribution in [2.45, 2.75) is 65.2 Å². The van der Waals surface area contributed by atoms with E-state index in [0.29, 0.717) is 12.2 Å². The molecule has 3 rings (SSSR count). The average Bonchev–Trinajstić information content (AvgIpc) is 3.09. The monoisotopic (exact) mass is 436 g/mol. The van der Waals surface area contributed by atoms with Crippen LogP contribution in [0.4, 0.5) is 0 Å². The van der Waals surface area contributed by atoms with Gasteiger partial charge in [0.15, 0.2) is 5.16 Å². The number of hydrogen-bond acceptors (Lipinski definition) is 4. The zero-order valence-corrected chi connectivity index (χ0v) is 20.1. The number of aromatic nitrogens is 3. The number of aryl methyl sites for hydroxylation is 2. The minimum atomic E-state index is 0.120. The van der Waals surface area contributed by atoms with Crippen LogP contribution in [0, 0.1) is 13.8 Å². The molecule has 1 aromatic heterocycles. The first-order valence-electron chi connectivity index (χ1n) is 10.8. The van der Waals surface area contributed by atoms with Gasteiger partial charge >= 0.3 is 0 Å². The molecule has 31 heavy (non-hydrogen) atoms. The van der Waals surface area contributed by atoms with Crippen molar-refractivity contribution >= 4 is 17.7 Å². The molecule has 6 heteroatoms. The third-order valence-electron chi connectivity index (χ3n) is 5.22. The van der Waals surface area contributed by atoms with Gasteiger partial charge in [0, 0.05) is 18.5 Å². The lowest BCUT2D eigenvalue weighted by Gasteiger charge is -2.30. The third kappa shape index (κ3) is 5.56. The maximum absolute atomic E-state index is 12.9. The molecule has 0 aliphatic heterocycles. The summed E-state index contributed by atoms with van der Waals surface area (Å²) in [7, 11) is 0. The maximum Gasteiger partial charge on any atom is 0.233 e. The smallest absolute Gasteiger partial charge is 0.233 e. The fourth-order valence-corrected chi connectivity index (χ4v) is 4.79. The Morgan fingerprint density at radius 3 is 2.29 bits per heavy atom. The Balaban J connectivity index is 1.94. The molecule has 5 nitrogen and oxygen atoms in total. The topological polar surface area (TPSA) is 51.0 Å². The first-order chi connectivity index (χ1) is 14.8. The van der Waals surface area contributed by atoms with Gasteiger partial charge in [0.2, 0.25) is 5.91 Å². The van der Waals surface area contributed by atoms with Crippen LogP contribution < -0.4 is 0 Å². The molecule has 0 aliphatic carbocycles. The zero-order valence-electron chi connectivity index (χ0n) is 19.3. The van der Waals surface area contributed by atoms with E-state index in [9.17, 15) is 4.79 Å². The largest absolute Gasteiger partial charge is 0.337 e. The van der Waals surface area contributed by atoms with Gasteiger partial charge in [-0.2, -0.15) is 0 Å². The van der Waals surface area contributed by atoms with Crippen molar-refractivity contribution in [3.8, 4) is 5.69 Å². The molecule has 0 unspecified atom stereocenters. The lowest BCUT2D eigenvalue weighted by Crippen LogP contribution is -2.43. The molecule has 0 fully saturated rings. The molecule has 1 amide bonds. The minimum Gasteiger partial charge on any atom is -0.337 e. The molecular formula is C25H32N4OS. The SMILES string of the molecule is Cc1ccc(-n2c(Cc3ccccc3)nnc2SCC(=O)N(C(C)C)C(C)C)c(C)c1. The van der Waals surface area contributed by atoms with Crippen LogP contribution in [0.25, 0.3) is 5.69 Å². The number of carbonyl (C=O) groups is 1. The Labute approximate surface area is 189 Å². The van der Waals surface area contributed by atoms with Crippen LogP contribution in [0.1, 0.15) is 50.2 Å². The average molecular weight is 437 g/mol. The van der Waals surface area contributed by atoms with Crippen LogP contribution in [0.15, 0.2) is 53.7 Å². The Morgan fingerprint density at radius 1 is 1.00 bits per heavy atom. The molecular weight excluding hydrogens is 404 g/mol. The van der Waals surface area contributed by atoms with Crippen molar-refractivity contribution in [2.75, 3.05) is 5.75 Å². The Bertz CT molecular complexity index is 1020. The van der Waals surface area contributed by atoms with Crippen molar-refractivity contribution in [3.63, 3.8) is 0 Å². The van der Waals surface area contributed by atoms with E-state index in [0.717, 1.165) is 22.2 Å². The van der Waals surface area contributed by atoms with Crippen molar-refractivity contribution in [1.82, 2.24) is 19.7 Å². The van der Waals surface area contributed by atoms with Gasteiger partial charge < -0.3 is 4.90 Å². The summed E-state index contributed by atoms with van der Waals surface area (Å²) in [4.78, 5) is 14.8. The van der Waals surface area contributed by atoms with Gasteiger partial charge in [-0.15, -0.1) is 10.2 Å². The quantitative estimate of drug-likeness (QED) is 0.455. The molecule has 0 aliphatic rings. The van der Waals surface area contributed by atoms with Crippen LogP contribution >= 0.6 is 11.8 Å². The van der Waals surface area contributed by atoms with E-state index < -0.39 is 0 Å². The van der Waals surface area contributed by atoms with Crippen molar-refractivity contribution < 1.29 is 4.79 Å². The molecule has 1 heterocycles. The van der Waals surface area contributed by atoms with Gasteiger partial charge in [-0.3, -0.25) is 9.36 Å². The van der Waals surface area contributed by atoms with Gasteiger partial charge in [-0.1, -0.05) is 59.8 Å². The predicted octanol–water partition coefficient (Wildman–Crippen LogP) is 5.21. The molecule has 0 saturated heterocycles. The van der Waals surface area contributed by atoms with Crippen molar-refractivity contribution in [1.29, 1.82) is 0 Å². The second kappa shape index (κ2) is 10.1. The number of amides is 1. The van der Waals surface area contributed by atoms with Gasteiger partial charge in [-0.25, -0.2) is 0 Å². The van der Waals surface area contributed by atoms with E-state index in [-0.39, 0.29) is 18.0 Å². The molecule has 164 valence electrons. The lowest BCUT2D eigenvalue weighted by molar-refractivity contribution is -0.131.